The zero-order valence-corrected chi connectivity index (χ0v) is 10.5. The van der Waals surface area contributed by atoms with E-state index in [0.29, 0.717) is 6.01 Å². The second kappa shape index (κ2) is 4.29. The predicted molar refractivity (Wildman–Crippen MR) is 70.3 cm³/mol. The van der Waals surface area contributed by atoms with Gasteiger partial charge in [-0.1, -0.05) is 29.4 Å². The van der Waals surface area contributed by atoms with E-state index in [4.69, 9.17) is 4.74 Å². The average Bonchev–Trinajstić information content (AvgIpc) is 2.60. The van der Waals surface area contributed by atoms with Crippen LogP contribution in [0.15, 0.2) is 24.3 Å². The highest BCUT2D eigenvalue weighted by atomic mass is 16.5. The third kappa shape index (κ3) is 1.90. The molecule has 0 spiro atoms. The van der Waals surface area contributed by atoms with Crippen molar-refractivity contribution in [1.29, 1.82) is 0 Å². The maximum atomic E-state index is 5.65. The Labute approximate surface area is 106 Å². The van der Waals surface area contributed by atoms with Gasteiger partial charge in [0.15, 0.2) is 0 Å². The van der Waals surface area contributed by atoms with E-state index in [1.54, 1.807) is 0 Å². The van der Waals surface area contributed by atoms with E-state index in [2.05, 4.69) is 28.4 Å². The molecule has 4 nitrogen and oxygen atoms in total. The summed E-state index contributed by atoms with van der Waals surface area (Å²) in [5.41, 5.74) is 2.48. The Morgan fingerprint density at radius 1 is 1.22 bits per heavy atom. The zero-order valence-electron chi connectivity index (χ0n) is 10.5. The minimum absolute atomic E-state index is 0.0947. The van der Waals surface area contributed by atoms with Gasteiger partial charge < -0.3 is 4.74 Å². The van der Waals surface area contributed by atoms with Gasteiger partial charge in [0, 0.05) is 12.6 Å². The fourth-order valence-corrected chi connectivity index (χ4v) is 2.05. The summed E-state index contributed by atoms with van der Waals surface area (Å²) in [6, 6.07) is 8.87. The Morgan fingerprint density at radius 2 is 2.06 bits per heavy atom. The second-order valence-electron chi connectivity index (χ2n) is 4.63. The number of nitrogens with zero attached hydrogens (tertiary/aromatic N) is 3. The Hall–Kier alpha value is -2.10. The molecule has 1 aromatic carbocycles. The van der Waals surface area contributed by atoms with Crippen LogP contribution in [0.4, 0.5) is 0 Å². The third-order valence-electron chi connectivity index (χ3n) is 2.88. The fourth-order valence-electron chi connectivity index (χ4n) is 2.05. The maximum absolute atomic E-state index is 5.65. The van der Waals surface area contributed by atoms with Crippen LogP contribution in [0.5, 0.6) is 6.01 Å². The molecule has 0 radical (unpaired) electrons. The van der Waals surface area contributed by atoms with E-state index >= 15 is 0 Å². The highest BCUT2D eigenvalue weighted by Gasteiger charge is 2.16. The Morgan fingerprint density at radius 3 is 2.89 bits per heavy atom. The molecule has 0 saturated heterocycles. The van der Waals surface area contributed by atoms with Crippen LogP contribution in [0.1, 0.15) is 30.8 Å². The summed E-state index contributed by atoms with van der Waals surface area (Å²) in [7, 11) is 0. The number of fused-ring (bicyclic) bond motifs is 2. The van der Waals surface area contributed by atoms with Crippen LogP contribution in [-0.4, -0.2) is 20.9 Å². The predicted octanol–water partition coefficient (Wildman–Crippen LogP) is 2.60. The highest BCUT2D eigenvalue weighted by molar-refractivity contribution is 5.66. The van der Waals surface area contributed by atoms with Crippen LogP contribution in [0.2, 0.25) is 0 Å². The van der Waals surface area contributed by atoms with Crippen LogP contribution in [0.25, 0.3) is 12.3 Å². The van der Waals surface area contributed by atoms with Crippen molar-refractivity contribution in [3.63, 3.8) is 0 Å². The van der Waals surface area contributed by atoms with E-state index in [-0.39, 0.29) is 6.10 Å². The molecule has 3 rings (SSSR count). The lowest BCUT2D eigenvalue weighted by Gasteiger charge is -2.08. The molecule has 0 N–H and O–H groups in total. The van der Waals surface area contributed by atoms with Crippen molar-refractivity contribution in [1.82, 2.24) is 14.8 Å². The summed E-state index contributed by atoms with van der Waals surface area (Å²) in [6.45, 7) is 3.97. The van der Waals surface area contributed by atoms with Gasteiger partial charge in [0.05, 0.1) is 6.10 Å². The summed E-state index contributed by atoms with van der Waals surface area (Å²) in [5.74, 6) is 0.909. The Balaban J connectivity index is 2.02. The number of hydrogen-bond donors (Lipinski definition) is 0. The molecular weight excluding hydrogens is 226 g/mol. The quantitative estimate of drug-likeness (QED) is 0.692. The molecule has 2 aromatic rings. The smallest absolute Gasteiger partial charge is 0.321 e. The van der Waals surface area contributed by atoms with E-state index in [9.17, 15) is 0 Å². The number of hydrogen-bond acceptors (Lipinski definition) is 3. The van der Waals surface area contributed by atoms with E-state index in [1.807, 2.05) is 36.7 Å². The summed E-state index contributed by atoms with van der Waals surface area (Å²) < 4.78 is 7.56. The highest BCUT2D eigenvalue weighted by Crippen LogP contribution is 2.23. The largest absolute Gasteiger partial charge is 0.461 e. The van der Waals surface area contributed by atoms with Crippen LogP contribution < -0.4 is 4.74 Å². The van der Waals surface area contributed by atoms with Crippen molar-refractivity contribution >= 4 is 12.3 Å². The molecule has 0 amide bonds. The van der Waals surface area contributed by atoms with Gasteiger partial charge in [0.25, 0.3) is 0 Å². The summed E-state index contributed by atoms with van der Waals surface area (Å²) in [5, 5.41) is 8.30. The molecule has 18 heavy (non-hydrogen) atoms. The molecule has 2 heterocycles. The van der Waals surface area contributed by atoms with Crippen molar-refractivity contribution in [3.8, 4) is 6.01 Å². The van der Waals surface area contributed by atoms with Gasteiger partial charge in [-0.05, 0) is 31.1 Å². The van der Waals surface area contributed by atoms with Gasteiger partial charge in [0.1, 0.15) is 5.82 Å². The minimum atomic E-state index is 0.0947. The van der Waals surface area contributed by atoms with E-state index in [0.717, 1.165) is 12.2 Å². The van der Waals surface area contributed by atoms with Crippen molar-refractivity contribution in [2.75, 3.05) is 0 Å². The molecule has 0 saturated carbocycles. The molecular formula is C14H15N3O. The standard InChI is InChI=1S/C14H15N3O/c1-10(2)18-14-16-15-13-9-12-6-4-3-5-11(12)7-8-17(13)14/h3-8,10H,9H2,1-2H3. The zero-order chi connectivity index (χ0) is 12.5. The molecule has 92 valence electrons. The molecule has 1 aliphatic rings. The summed E-state index contributed by atoms with van der Waals surface area (Å²) >= 11 is 0. The van der Waals surface area contributed by atoms with Crippen molar-refractivity contribution in [3.05, 3.63) is 41.2 Å². The van der Waals surface area contributed by atoms with E-state index in [1.165, 1.54) is 11.1 Å². The first-order valence-corrected chi connectivity index (χ1v) is 6.10. The van der Waals surface area contributed by atoms with Crippen LogP contribution in [0, 0.1) is 0 Å². The first-order valence-electron chi connectivity index (χ1n) is 6.10. The van der Waals surface area contributed by atoms with Gasteiger partial charge in [-0.25, -0.2) is 0 Å². The molecule has 0 atom stereocenters. The number of ether oxygens (including phenoxy) is 1. The number of rotatable bonds is 2. The van der Waals surface area contributed by atoms with Gasteiger partial charge in [-0.15, -0.1) is 5.10 Å². The van der Waals surface area contributed by atoms with Gasteiger partial charge in [0.2, 0.25) is 0 Å². The minimum Gasteiger partial charge on any atom is -0.461 e. The molecule has 0 unspecified atom stereocenters. The van der Waals surface area contributed by atoms with E-state index < -0.39 is 0 Å². The van der Waals surface area contributed by atoms with Crippen molar-refractivity contribution in [2.45, 2.75) is 26.4 Å². The Kier molecular flexibility index (Phi) is 2.63. The fraction of sp³-hybridized carbons (Fsp3) is 0.286. The van der Waals surface area contributed by atoms with Crippen molar-refractivity contribution in [2.24, 2.45) is 0 Å². The normalized spacial score (nSPS) is 13.1. The average molecular weight is 241 g/mol. The van der Waals surface area contributed by atoms with Gasteiger partial charge in [-0.3, -0.25) is 4.57 Å². The van der Waals surface area contributed by atoms with Crippen LogP contribution in [0.3, 0.4) is 0 Å². The SMILES string of the molecule is CC(C)Oc1nnc2n1C=Cc1ccccc1C2. The van der Waals surface area contributed by atoms with Crippen LogP contribution in [-0.2, 0) is 6.42 Å². The molecule has 0 aliphatic carbocycles. The van der Waals surface area contributed by atoms with Gasteiger partial charge in [-0.2, -0.15) is 0 Å². The van der Waals surface area contributed by atoms with Crippen LogP contribution >= 0.6 is 0 Å². The third-order valence-corrected chi connectivity index (χ3v) is 2.88. The van der Waals surface area contributed by atoms with Crippen molar-refractivity contribution < 1.29 is 4.74 Å². The first-order chi connectivity index (χ1) is 8.74. The lowest BCUT2D eigenvalue weighted by Crippen LogP contribution is -2.09. The second-order valence-corrected chi connectivity index (χ2v) is 4.63. The molecule has 4 heteroatoms. The summed E-state index contributed by atoms with van der Waals surface area (Å²) in [6.07, 6.45) is 4.91. The molecule has 1 aliphatic heterocycles. The maximum Gasteiger partial charge on any atom is 0.321 e. The van der Waals surface area contributed by atoms with Gasteiger partial charge >= 0.3 is 6.01 Å². The first kappa shape index (κ1) is 11.0. The molecule has 1 aromatic heterocycles. The number of aromatic nitrogens is 3. The lowest BCUT2D eigenvalue weighted by molar-refractivity contribution is 0.218. The Bertz CT molecular complexity index is 599. The molecule has 0 fully saturated rings. The molecule has 0 bridgehead atoms. The lowest BCUT2D eigenvalue weighted by atomic mass is 10.1. The monoisotopic (exact) mass is 241 g/mol. The topological polar surface area (TPSA) is 39.9 Å². The number of benzene rings is 1. The summed E-state index contributed by atoms with van der Waals surface area (Å²) in [4.78, 5) is 0.